The average molecular weight is 310 g/mol. The van der Waals surface area contributed by atoms with Crippen molar-refractivity contribution >= 4 is 10.9 Å². The van der Waals surface area contributed by atoms with Crippen molar-refractivity contribution in [3.8, 4) is 0 Å². The van der Waals surface area contributed by atoms with Gasteiger partial charge in [-0.1, -0.05) is 37.2 Å². The fraction of sp³-hybridized carbons (Fsp3) is 0.444. The molecule has 1 N–H and O–H groups in total. The fourth-order valence-electron chi connectivity index (χ4n) is 3.33. The number of rotatable bonds is 3. The van der Waals surface area contributed by atoms with Gasteiger partial charge in [0, 0.05) is 42.0 Å². The normalized spacial score (nSPS) is 16.9. The maximum atomic E-state index is 5.49. The smallest absolute Gasteiger partial charge is 0.243 e. The Morgan fingerprint density at radius 1 is 1.22 bits per heavy atom. The van der Waals surface area contributed by atoms with Crippen LogP contribution in [0.15, 0.2) is 28.8 Å². The zero-order valence-electron chi connectivity index (χ0n) is 13.8. The standard InChI is InChI=1S/C18H22N4O/c1-11(2)17-20-18(23-21-17)12(3)22-9-8-16-14(10-22)13-6-4-5-7-15(13)19-16/h4-7,11-12,19H,8-10H2,1-3H3. The zero-order chi connectivity index (χ0) is 16.0. The maximum absolute atomic E-state index is 5.49. The highest BCUT2D eigenvalue weighted by atomic mass is 16.5. The summed E-state index contributed by atoms with van der Waals surface area (Å²) in [6, 6.07) is 8.66. The third-order valence-corrected chi connectivity index (χ3v) is 4.79. The van der Waals surface area contributed by atoms with E-state index >= 15 is 0 Å². The Bertz CT molecular complexity index is 833. The summed E-state index contributed by atoms with van der Waals surface area (Å²) in [6.07, 6.45) is 1.03. The molecule has 0 fully saturated rings. The highest BCUT2D eigenvalue weighted by Crippen LogP contribution is 2.31. The number of benzene rings is 1. The minimum atomic E-state index is 0.136. The number of fused-ring (bicyclic) bond motifs is 3. The van der Waals surface area contributed by atoms with E-state index in [1.54, 1.807) is 0 Å². The molecule has 1 aromatic carbocycles. The highest BCUT2D eigenvalue weighted by Gasteiger charge is 2.27. The number of aromatic nitrogens is 3. The van der Waals surface area contributed by atoms with Crippen LogP contribution in [-0.2, 0) is 13.0 Å². The number of aromatic amines is 1. The third-order valence-electron chi connectivity index (χ3n) is 4.79. The molecule has 5 nitrogen and oxygen atoms in total. The number of H-pyrrole nitrogens is 1. The van der Waals surface area contributed by atoms with Crippen LogP contribution < -0.4 is 0 Å². The van der Waals surface area contributed by atoms with Crippen LogP contribution in [0.25, 0.3) is 10.9 Å². The second kappa shape index (κ2) is 5.49. The number of nitrogens with zero attached hydrogens (tertiary/aromatic N) is 3. The van der Waals surface area contributed by atoms with Crippen molar-refractivity contribution in [2.24, 2.45) is 0 Å². The number of hydrogen-bond donors (Lipinski definition) is 1. The van der Waals surface area contributed by atoms with Gasteiger partial charge >= 0.3 is 0 Å². The van der Waals surface area contributed by atoms with Gasteiger partial charge in [0.15, 0.2) is 5.82 Å². The lowest BCUT2D eigenvalue weighted by Gasteiger charge is -2.30. The van der Waals surface area contributed by atoms with Crippen LogP contribution in [0.4, 0.5) is 0 Å². The summed E-state index contributed by atoms with van der Waals surface area (Å²) in [5.74, 6) is 1.80. The molecule has 23 heavy (non-hydrogen) atoms. The molecule has 0 bridgehead atoms. The van der Waals surface area contributed by atoms with Crippen molar-refractivity contribution in [3.63, 3.8) is 0 Å². The van der Waals surface area contributed by atoms with Crippen LogP contribution in [0, 0.1) is 0 Å². The van der Waals surface area contributed by atoms with E-state index in [9.17, 15) is 0 Å². The Labute approximate surface area is 135 Å². The molecule has 4 rings (SSSR count). The number of para-hydroxylation sites is 1. The van der Waals surface area contributed by atoms with Gasteiger partial charge in [-0.25, -0.2) is 0 Å². The molecule has 1 aliphatic heterocycles. The molecule has 1 aliphatic rings. The minimum Gasteiger partial charge on any atom is -0.358 e. The van der Waals surface area contributed by atoms with E-state index in [0.717, 1.165) is 31.2 Å². The van der Waals surface area contributed by atoms with Crippen LogP contribution >= 0.6 is 0 Å². The Hall–Kier alpha value is -2.14. The van der Waals surface area contributed by atoms with E-state index in [2.05, 4.69) is 65.1 Å². The first-order chi connectivity index (χ1) is 11.1. The van der Waals surface area contributed by atoms with Crippen molar-refractivity contribution in [1.29, 1.82) is 0 Å². The topological polar surface area (TPSA) is 58.0 Å². The lowest BCUT2D eigenvalue weighted by Crippen LogP contribution is -2.32. The molecule has 0 saturated carbocycles. The van der Waals surface area contributed by atoms with Crippen molar-refractivity contribution in [2.75, 3.05) is 6.54 Å². The largest absolute Gasteiger partial charge is 0.358 e. The molecule has 0 amide bonds. The lowest BCUT2D eigenvalue weighted by molar-refractivity contribution is 0.158. The van der Waals surface area contributed by atoms with Crippen molar-refractivity contribution in [3.05, 3.63) is 47.2 Å². The van der Waals surface area contributed by atoms with Crippen LogP contribution in [0.5, 0.6) is 0 Å². The second-order valence-corrected chi connectivity index (χ2v) is 6.67. The van der Waals surface area contributed by atoms with Gasteiger partial charge in [0.25, 0.3) is 0 Å². The first-order valence-corrected chi connectivity index (χ1v) is 8.29. The Kier molecular flexibility index (Phi) is 3.45. The summed E-state index contributed by atoms with van der Waals surface area (Å²) >= 11 is 0. The minimum absolute atomic E-state index is 0.136. The molecule has 0 aliphatic carbocycles. The summed E-state index contributed by atoms with van der Waals surface area (Å²) in [5.41, 5.74) is 4.00. The van der Waals surface area contributed by atoms with Gasteiger partial charge < -0.3 is 9.51 Å². The van der Waals surface area contributed by atoms with Gasteiger partial charge in [-0.3, -0.25) is 4.90 Å². The zero-order valence-corrected chi connectivity index (χ0v) is 13.8. The molecule has 1 atom stereocenters. The molecule has 3 aromatic rings. The maximum Gasteiger partial charge on any atom is 0.243 e. The van der Waals surface area contributed by atoms with E-state index in [4.69, 9.17) is 4.52 Å². The summed E-state index contributed by atoms with van der Waals surface area (Å²) in [4.78, 5) is 10.5. The Balaban J connectivity index is 1.61. The third kappa shape index (κ3) is 2.45. The van der Waals surface area contributed by atoms with Crippen molar-refractivity contribution in [1.82, 2.24) is 20.0 Å². The molecule has 120 valence electrons. The van der Waals surface area contributed by atoms with Crippen molar-refractivity contribution < 1.29 is 4.52 Å². The van der Waals surface area contributed by atoms with Crippen molar-refractivity contribution in [2.45, 2.75) is 45.7 Å². The van der Waals surface area contributed by atoms with Crippen LogP contribution in [-0.4, -0.2) is 26.6 Å². The molecule has 1 unspecified atom stereocenters. The van der Waals surface area contributed by atoms with E-state index < -0.39 is 0 Å². The number of hydrogen-bond acceptors (Lipinski definition) is 4. The van der Waals surface area contributed by atoms with Crippen LogP contribution in [0.3, 0.4) is 0 Å². The van der Waals surface area contributed by atoms with Gasteiger partial charge in [-0.05, 0) is 18.6 Å². The van der Waals surface area contributed by atoms with Gasteiger partial charge in [0.05, 0.1) is 6.04 Å². The van der Waals surface area contributed by atoms with E-state index in [1.165, 1.54) is 22.2 Å². The average Bonchev–Trinajstić information content (AvgIpc) is 3.18. The fourth-order valence-corrected chi connectivity index (χ4v) is 3.33. The first-order valence-electron chi connectivity index (χ1n) is 8.29. The lowest BCUT2D eigenvalue weighted by atomic mass is 10.0. The number of nitrogens with one attached hydrogen (secondary N) is 1. The van der Waals surface area contributed by atoms with E-state index in [-0.39, 0.29) is 6.04 Å². The predicted molar refractivity (Wildman–Crippen MR) is 89.2 cm³/mol. The monoisotopic (exact) mass is 310 g/mol. The van der Waals surface area contributed by atoms with E-state index in [0.29, 0.717) is 5.92 Å². The Morgan fingerprint density at radius 3 is 2.83 bits per heavy atom. The molecule has 0 spiro atoms. The molecule has 0 radical (unpaired) electrons. The SMILES string of the molecule is CC(C)c1noc(C(C)N2CCc3[nH]c4ccccc4c3C2)n1. The van der Waals surface area contributed by atoms with Gasteiger partial charge in [-0.15, -0.1) is 0 Å². The molecular formula is C18H22N4O. The summed E-state index contributed by atoms with van der Waals surface area (Å²) < 4.78 is 5.49. The highest BCUT2D eigenvalue weighted by molar-refractivity contribution is 5.84. The van der Waals surface area contributed by atoms with Crippen LogP contribution in [0.2, 0.25) is 0 Å². The van der Waals surface area contributed by atoms with Gasteiger partial charge in [0.2, 0.25) is 5.89 Å². The quantitative estimate of drug-likeness (QED) is 0.799. The molecule has 0 saturated heterocycles. The summed E-state index contributed by atoms with van der Waals surface area (Å²) in [6.45, 7) is 8.23. The summed E-state index contributed by atoms with van der Waals surface area (Å²) in [7, 11) is 0. The molecule has 5 heteroatoms. The van der Waals surface area contributed by atoms with Gasteiger partial charge in [-0.2, -0.15) is 4.98 Å². The molecular weight excluding hydrogens is 288 g/mol. The molecule has 2 aromatic heterocycles. The predicted octanol–water partition coefficient (Wildman–Crippen LogP) is 3.79. The first kappa shape index (κ1) is 14.5. The molecule has 3 heterocycles. The Morgan fingerprint density at radius 2 is 2.04 bits per heavy atom. The van der Waals surface area contributed by atoms with E-state index in [1.807, 2.05) is 0 Å². The van der Waals surface area contributed by atoms with Gasteiger partial charge in [0.1, 0.15) is 0 Å². The summed E-state index contributed by atoms with van der Waals surface area (Å²) in [5, 5.41) is 5.42. The van der Waals surface area contributed by atoms with Crippen LogP contribution in [0.1, 0.15) is 55.7 Å². The second-order valence-electron chi connectivity index (χ2n) is 6.67.